The molecule has 1 N–H and O–H groups in total. The quantitative estimate of drug-likeness (QED) is 0.316. The van der Waals surface area contributed by atoms with E-state index in [0.717, 1.165) is 28.0 Å². The predicted molar refractivity (Wildman–Crippen MR) is 137 cm³/mol. The number of aryl methyl sites for hydroxylation is 1. The van der Waals surface area contributed by atoms with Crippen LogP contribution in [-0.4, -0.2) is 20.2 Å². The number of nitrogens with one attached hydrogen (secondary N) is 1. The Morgan fingerprint density at radius 1 is 1.12 bits per heavy atom. The zero-order chi connectivity index (χ0) is 22.9. The van der Waals surface area contributed by atoms with E-state index in [1.807, 2.05) is 68.4 Å². The average Bonchev–Trinajstić information content (AvgIpc) is 3.49. The van der Waals surface area contributed by atoms with Crippen molar-refractivity contribution in [1.29, 1.82) is 0 Å². The summed E-state index contributed by atoms with van der Waals surface area (Å²) in [5.74, 6) is 1.01. The van der Waals surface area contributed by atoms with Gasteiger partial charge in [0, 0.05) is 21.2 Å². The molecule has 3 heterocycles. The smallest absolute Gasteiger partial charge is 0.258 e. The number of hydrogen-bond acceptors (Lipinski definition) is 5. The van der Waals surface area contributed by atoms with Crippen molar-refractivity contribution in [3.8, 4) is 11.4 Å². The summed E-state index contributed by atoms with van der Waals surface area (Å²) in [4.78, 5) is 8.06. The van der Waals surface area contributed by atoms with E-state index in [2.05, 4.69) is 26.8 Å². The highest BCUT2D eigenvalue weighted by Crippen LogP contribution is 2.38. The molecule has 0 bridgehead atoms. The molecule has 0 saturated heterocycles. The third-order valence-electron chi connectivity index (χ3n) is 5.61. The molecule has 0 saturated carbocycles. The van der Waals surface area contributed by atoms with Gasteiger partial charge in [0.25, 0.3) is 5.89 Å². The van der Waals surface area contributed by atoms with E-state index < -0.39 is 0 Å². The minimum atomic E-state index is -0.262. The molecule has 0 radical (unpaired) electrons. The fourth-order valence-corrected chi connectivity index (χ4v) is 5.19. The highest BCUT2D eigenvalue weighted by atomic mass is 35.5. The van der Waals surface area contributed by atoms with Crippen LogP contribution in [0.15, 0.2) is 76.3 Å². The fourth-order valence-electron chi connectivity index (χ4n) is 3.98. The lowest BCUT2D eigenvalue weighted by Crippen LogP contribution is -2.45. The molecule has 5 nitrogen and oxygen atoms in total. The van der Waals surface area contributed by atoms with Crippen molar-refractivity contribution >= 4 is 45.8 Å². The van der Waals surface area contributed by atoms with E-state index in [1.54, 1.807) is 11.3 Å². The van der Waals surface area contributed by atoms with Gasteiger partial charge in [-0.25, -0.2) is 0 Å². The van der Waals surface area contributed by atoms with Crippen molar-refractivity contribution in [2.45, 2.75) is 26.4 Å². The number of thiophene rings is 1. The van der Waals surface area contributed by atoms with Gasteiger partial charge in [0.05, 0.1) is 18.2 Å². The Kier molecular flexibility index (Phi) is 6.01. The molecule has 2 aromatic carbocycles. The van der Waals surface area contributed by atoms with Crippen molar-refractivity contribution in [2.75, 3.05) is 0 Å². The first-order valence-corrected chi connectivity index (χ1v) is 12.1. The monoisotopic (exact) mass is 492 g/mol. The van der Waals surface area contributed by atoms with Crippen molar-refractivity contribution < 1.29 is 4.52 Å². The normalized spacial score (nSPS) is 16.3. The topological polar surface area (TPSA) is 54.2 Å². The fraction of sp³-hybridized carbons (Fsp3) is 0.160. The van der Waals surface area contributed by atoms with Gasteiger partial charge in [0.1, 0.15) is 0 Å². The van der Waals surface area contributed by atoms with E-state index >= 15 is 0 Å². The van der Waals surface area contributed by atoms with Gasteiger partial charge in [-0.05, 0) is 61.3 Å². The van der Waals surface area contributed by atoms with E-state index in [9.17, 15) is 0 Å². The van der Waals surface area contributed by atoms with Crippen molar-refractivity contribution in [3.63, 3.8) is 0 Å². The van der Waals surface area contributed by atoms with Crippen molar-refractivity contribution in [2.24, 2.45) is 0 Å². The molecule has 33 heavy (non-hydrogen) atoms. The molecule has 5 rings (SSSR count). The average molecular weight is 493 g/mol. The Labute approximate surface area is 206 Å². The number of nitrogens with zero attached hydrogens (tertiary/aromatic N) is 3. The summed E-state index contributed by atoms with van der Waals surface area (Å²) in [6.07, 6.45) is 0. The predicted octanol–water partition coefficient (Wildman–Crippen LogP) is 6.62. The van der Waals surface area contributed by atoms with Gasteiger partial charge in [0.2, 0.25) is 5.82 Å². The zero-order valence-corrected chi connectivity index (χ0v) is 20.5. The number of halogens is 1. The van der Waals surface area contributed by atoms with Gasteiger partial charge in [-0.15, -0.1) is 11.3 Å². The molecule has 1 aliphatic heterocycles. The van der Waals surface area contributed by atoms with Crippen molar-refractivity contribution in [3.05, 3.63) is 98.7 Å². The molecule has 2 aromatic heterocycles. The molecular weight excluding hydrogens is 472 g/mol. The summed E-state index contributed by atoms with van der Waals surface area (Å²) < 4.78 is 5.81. The number of rotatable bonds is 5. The molecule has 0 fully saturated rings. The lowest BCUT2D eigenvalue weighted by Gasteiger charge is -2.37. The standard InChI is InChI=1S/C25H21ClN4OS2/c1-15-6-3-8-18(12-15)23-28-24(31-29-23)21-16(2)30(14-20-10-5-11-33-20)25(32)27-22(21)17-7-4-9-19(26)13-17/h3-13,22H,14H2,1-2H3,(H,27,32). The Bertz CT molecular complexity index is 1350. The maximum Gasteiger partial charge on any atom is 0.258 e. The van der Waals surface area contributed by atoms with Gasteiger partial charge in [-0.2, -0.15) is 4.98 Å². The van der Waals surface area contributed by atoms with E-state index in [-0.39, 0.29) is 6.04 Å². The molecule has 0 spiro atoms. The Balaban J connectivity index is 1.61. The highest BCUT2D eigenvalue weighted by Gasteiger charge is 2.34. The molecule has 166 valence electrons. The van der Waals surface area contributed by atoms with E-state index in [1.165, 1.54) is 4.88 Å². The molecule has 0 aliphatic carbocycles. The summed E-state index contributed by atoms with van der Waals surface area (Å²) in [5, 5.41) is 11.1. The zero-order valence-electron chi connectivity index (χ0n) is 18.1. The maximum atomic E-state index is 6.32. The minimum absolute atomic E-state index is 0.262. The summed E-state index contributed by atoms with van der Waals surface area (Å²) in [6.45, 7) is 4.75. The van der Waals surface area contributed by atoms with Crippen LogP contribution in [0.1, 0.15) is 34.9 Å². The summed E-state index contributed by atoms with van der Waals surface area (Å²) in [6, 6.07) is 19.7. The number of aromatic nitrogens is 2. The van der Waals surface area contributed by atoms with Crippen LogP contribution in [0.3, 0.4) is 0 Å². The van der Waals surface area contributed by atoms with E-state index in [4.69, 9.17) is 33.3 Å². The summed E-state index contributed by atoms with van der Waals surface area (Å²) in [5.41, 5.74) is 4.88. The second kappa shape index (κ2) is 9.09. The van der Waals surface area contributed by atoms with Crippen LogP contribution >= 0.6 is 35.2 Å². The van der Waals surface area contributed by atoms with Gasteiger partial charge >= 0.3 is 0 Å². The second-order valence-corrected chi connectivity index (χ2v) is 9.75. The third-order valence-corrected chi connectivity index (χ3v) is 7.04. The van der Waals surface area contributed by atoms with Crippen molar-refractivity contribution in [1.82, 2.24) is 20.4 Å². The molecular formula is C25H21ClN4OS2. The van der Waals surface area contributed by atoms with Gasteiger partial charge in [0.15, 0.2) is 5.11 Å². The first kappa shape index (κ1) is 21.8. The second-order valence-electron chi connectivity index (χ2n) is 7.89. The maximum absolute atomic E-state index is 6.32. The first-order valence-electron chi connectivity index (χ1n) is 10.5. The number of hydrogen-bond donors (Lipinski definition) is 1. The van der Waals surface area contributed by atoms with Crippen LogP contribution in [0.25, 0.3) is 17.0 Å². The van der Waals surface area contributed by atoms with E-state index in [0.29, 0.717) is 28.4 Å². The number of thiocarbonyl (C=S) groups is 1. The largest absolute Gasteiger partial charge is 0.351 e. The van der Waals surface area contributed by atoms with Gasteiger partial charge in [-0.1, -0.05) is 58.7 Å². The third kappa shape index (κ3) is 4.44. The Morgan fingerprint density at radius 2 is 1.97 bits per heavy atom. The molecule has 8 heteroatoms. The Hall–Kier alpha value is -3.00. The molecule has 1 atom stereocenters. The summed E-state index contributed by atoms with van der Waals surface area (Å²) >= 11 is 13.8. The molecule has 4 aromatic rings. The van der Waals surface area contributed by atoms with Crippen LogP contribution in [0.2, 0.25) is 5.02 Å². The lowest BCUT2D eigenvalue weighted by atomic mass is 9.95. The lowest BCUT2D eigenvalue weighted by molar-refractivity contribution is 0.396. The number of benzene rings is 2. The van der Waals surface area contributed by atoms with Crippen LogP contribution < -0.4 is 5.32 Å². The van der Waals surface area contributed by atoms with Gasteiger partial charge < -0.3 is 14.7 Å². The van der Waals surface area contributed by atoms with Gasteiger partial charge in [-0.3, -0.25) is 0 Å². The Morgan fingerprint density at radius 3 is 2.73 bits per heavy atom. The highest BCUT2D eigenvalue weighted by molar-refractivity contribution is 7.80. The molecule has 1 unspecified atom stereocenters. The SMILES string of the molecule is CC1=C(c2nc(-c3cccc(C)c3)no2)C(c2cccc(Cl)c2)NC(=S)N1Cc1cccs1. The molecule has 1 aliphatic rings. The summed E-state index contributed by atoms with van der Waals surface area (Å²) in [7, 11) is 0. The van der Waals surface area contributed by atoms with Crippen LogP contribution in [0, 0.1) is 6.92 Å². The van der Waals surface area contributed by atoms with Crippen LogP contribution in [-0.2, 0) is 6.54 Å². The minimum Gasteiger partial charge on any atom is -0.351 e. The van der Waals surface area contributed by atoms with Crippen LogP contribution in [0.5, 0.6) is 0 Å². The first-order chi connectivity index (χ1) is 16.0. The molecule has 0 amide bonds. The van der Waals surface area contributed by atoms with Crippen LogP contribution in [0.4, 0.5) is 0 Å². The number of allylic oxidation sites excluding steroid dienone is 1.